The number of pyridine rings is 2. The molecule has 1 N–H and O–H groups in total. The van der Waals surface area contributed by atoms with Crippen LogP contribution in [0.3, 0.4) is 0 Å². The van der Waals surface area contributed by atoms with Gasteiger partial charge < -0.3 is 18.9 Å². The lowest BCUT2D eigenvalue weighted by molar-refractivity contribution is 0.0217. The number of imidazole rings is 1. The Morgan fingerprint density at radius 1 is 1.13 bits per heavy atom. The van der Waals surface area contributed by atoms with E-state index < -0.39 is 5.76 Å². The van der Waals surface area contributed by atoms with Gasteiger partial charge in [0.1, 0.15) is 11.8 Å². The highest BCUT2D eigenvalue weighted by Gasteiger charge is 2.40. The molecule has 2 atom stereocenters. The van der Waals surface area contributed by atoms with Crippen LogP contribution in [0.25, 0.3) is 33.8 Å². The average Bonchev–Trinajstić information content (AvgIpc) is 3.68. The van der Waals surface area contributed by atoms with E-state index >= 15 is 0 Å². The lowest BCUT2D eigenvalue weighted by Crippen LogP contribution is -2.51. The van der Waals surface area contributed by atoms with E-state index in [-0.39, 0.29) is 18.0 Å². The van der Waals surface area contributed by atoms with Gasteiger partial charge >= 0.3 is 5.76 Å². The fraction of sp³-hybridized carbons (Fsp3) is 0.519. The van der Waals surface area contributed by atoms with Crippen molar-refractivity contribution in [1.29, 1.82) is 0 Å². The molecule has 11 nitrogen and oxygen atoms in total. The number of hydrogen-bond donors (Lipinski definition) is 1. The molecule has 6 heterocycles. The molecular formula is C27H30ClN7O4. The molecule has 204 valence electrons. The molecule has 0 unspecified atom stereocenters. The van der Waals surface area contributed by atoms with Crippen molar-refractivity contribution in [2.24, 2.45) is 11.8 Å². The Kier molecular flexibility index (Phi) is 6.37. The highest BCUT2D eigenvalue weighted by atomic mass is 35.5. The lowest BCUT2D eigenvalue weighted by atomic mass is 9.83. The standard InChI is InChI=1S/C27H30ClN7O4/c1-15-2-4-16(5-3-15)12-35-24-19(31-26(35)34-6-7-38-22-14-37-13-21(22)34)9-20(25-32-27(36)39-33-25)30-23(24)17-8-18(28)11-29-10-17/h8-11,15-16,21-22H,2-7,12-14H2,1H3,(H,32,33,36)/t15-,16-,21-,22-/m0/s1. The Morgan fingerprint density at radius 2 is 2.00 bits per heavy atom. The van der Waals surface area contributed by atoms with Crippen molar-refractivity contribution in [3.8, 4) is 22.8 Å². The van der Waals surface area contributed by atoms with Crippen molar-refractivity contribution in [3.63, 3.8) is 0 Å². The summed E-state index contributed by atoms with van der Waals surface area (Å²) in [4.78, 5) is 31.2. The first-order valence-electron chi connectivity index (χ1n) is 13.6. The zero-order valence-electron chi connectivity index (χ0n) is 21.7. The number of H-pyrrole nitrogens is 1. The fourth-order valence-electron chi connectivity index (χ4n) is 6.20. The van der Waals surface area contributed by atoms with E-state index in [1.807, 2.05) is 12.1 Å². The molecule has 0 spiro atoms. The minimum Gasteiger partial charge on any atom is -0.376 e. The Balaban J connectivity index is 1.44. The molecule has 0 radical (unpaired) electrons. The van der Waals surface area contributed by atoms with Crippen LogP contribution in [0.15, 0.2) is 33.8 Å². The summed E-state index contributed by atoms with van der Waals surface area (Å²) in [6.07, 6.45) is 8.19. The summed E-state index contributed by atoms with van der Waals surface area (Å²) < 4.78 is 18.9. The SMILES string of the molecule is C[C@H]1CC[C@H](Cn2c(N3CCO[C@H]4COC[C@@H]43)nc3cc(-c4noc(=O)[nH]4)nc(-c4cncc(Cl)c4)c32)CC1. The maximum atomic E-state index is 11.8. The number of rotatable bonds is 5. The Hall–Kier alpha value is -3.28. The van der Waals surface area contributed by atoms with Gasteiger partial charge in [-0.1, -0.05) is 36.5 Å². The van der Waals surface area contributed by atoms with Crippen LogP contribution in [0.1, 0.15) is 32.6 Å². The maximum Gasteiger partial charge on any atom is 0.439 e. The number of morpholine rings is 1. The van der Waals surface area contributed by atoms with Gasteiger partial charge in [0.2, 0.25) is 11.8 Å². The summed E-state index contributed by atoms with van der Waals surface area (Å²) in [6.45, 7) is 5.70. The summed E-state index contributed by atoms with van der Waals surface area (Å²) in [7, 11) is 0. The number of anilines is 1. The van der Waals surface area contributed by atoms with Gasteiger partial charge in [-0.2, -0.15) is 0 Å². The molecule has 3 fully saturated rings. The predicted octanol–water partition coefficient (Wildman–Crippen LogP) is 3.92. The van der Waals surface area contributed by atoms with Crippen molar-refractivity contribution >= 4 is 28.6 Å². The molecule has 7 rings (SSSR count). The van der Waals surface area contributed by atoms with E-state index in [0.29, 0.717) is 42.1 Å². The second kappa shape index (κ2) is 10.0. The normalized spacial score (nSPS) is 25.3. The molecular weight excluding hydrogens is 522 g/mol. The van der Waals surface area contributed by atoms with Gasteiger partial charge in [-0.25, -0.2) is 14.8 Å². The van der Waals surface area contributed by atoms with Gasteiger partial charge in [0.05, 0.1) is 47.6 Å². The van der Waals surface area contributed by atoms with Crippen LogP contribution in [0, 0.1) is 11.8 Å². The monoisotopic (exact) mass is 551 g/mol. The van der Waals surface area contributed by atoms with Crippen LogP contribution in [-0.2, 0) is 16.0 Å². The molecule has 3 aliphatic rings. The van der Waals surface area contributed by atoms with Crippen LogP contribution in [0.2, 0.25) is 5.02 Å². The van der Waals surface area contributed by atoms with Crippen LogP contribution in [0.5, 0.6) is 0 Å². The van der Waals surface area contributed by atoms with E-state index in [9.17, 15) is 4.79 Å². The zero-order valence-corrected chi connectivity index (χ0v) is 22.4. The summed E-state index contributed by atoms with van der Waals surface area (Å²) in [5.41, 5.74) is 3.55. The molecule has 2 saturated heterocycles. The van der Waals surface area contributed by atoms with Gasteiger partial charge in [-0.15, -0.1) is 0 Å². The summed E-state index contributed by atoms with van der Waals surface area (Å²) >= 11 is 6.38. The second-order valence-corrected chi connectivity index (χ2v) is 11.4. The number of nitrogens with one attached hydrogen (secondary N) is 1. The van der Waals surface area contributed by atoms with Crippen LogP contribution in [0.4, 0.5) is 5.95 Å². The van der Waals surface area contributed by atoms with Gasteiger partial charge in [0.25, 0.3) is 0 Å². The average molecular weight is 552 g/mol. The number of aromatic amines is 1. The van der Waals surface area contributed by atoms with Crippen LogP contribution >= 0.6 is 11.6 Å². The van der Waals surface area contributed by atoms with Gasteiger partial charge in [0.15, 0.2) is 0 Å². The van der Waals surface area contributed by atoms with E-state index in [1.54, 1.807) is 12.4 Å². The highest BCUT2D eigenvalue weighted by Crippen LogP contribution is 2.38. The number of hydrogen-bond acceptors (Lipinski definition) is 9. The Labute approximate surface area is 229 Å². The van der Waals surface area contributed by atoms with Crippen molar-refractivity contribution < 1.29 is 14.0 Å². The molecule has 0 bridgehead atoms. The first-order chi connectivity index (χ1) is 19.0. The molecule has 1 saturated carbocycles. The number of halogens is 1. The highest BCUT2D eigenvalue weighted by molar-refractivity contribution is 6.30. The van der Waals surface area contributed by atoms with Crippen LogP contribution < -0.4 is 10.7 Å². The zero-order chi connectivity index (χ0) is 26.5. The fourth-order valence-corrected chi connectivity index (χ4v) is 6.37. The molecule has 12 heteroatoms. The molecule has 2 aliphatic heterocycles. The second-order valence-electron chi connectivity index (χ2n) is 10.9. The number of nitrogens with zero attached hydrogens (tertiary/aromatic N) is 6. The topological polar surface area (TPSA) is 124 Å². The molecule has 1 aliphatic carbocycles. The lowest BCUT2D eigenvalue weighted by Gasteiger charge is -2.37. The summed E-state index contributed by atoms with van der Waals surface area (Å²) in [5, 5.41) is 4.39. The molecule has 4 aromatic rings. The molecule has 0 amide bonds. The van der Waals surface area contributed by atoms with Gasteiger partial charge in [-0.3, -0.25) is 14.5 Å². The van der Waals surface area contributed by atoms with Gasteiger partial charge in [0, 0.05) is 31.0 Å². The third kappa shape index (κ3) is 4.62. The van der Waals surface area contributed by atoms with Crippen molar-refractivity contribution in [1.82, 2.24) is 29.7 Å². The Bertz CT molecular complexity index is 1560. The quantitative estimate of drug-likeness (QED) is 0.393. The third-order valence-corrected chi connectivity index (χ3v) is 8.47. The largest absolute Gasteiger partial charge is 0.439 e. The summed E-state index contributed by atoms with van der Waals surface area (Å²) in [6, 6.07) is 3.80. The van der Waals surface area contributed by atoms with E-state index in [1.165, 1.54) is 25.7 Å². The number of ether oxygens (including phenoxy) is 2. The maximum absolute atomic E-state index is 11.8. The van der Waals surface area contributed by atoms with E-state index in [4.69, 9.17) is 35.6 Å². The predicted molar refractivity (Wildman–Crippen MR) is 145 cm³/mol. The summed E-state index contributed by atoms with van der Waals surface area (Å²) in [5.74, 6) is 1.78. The van der Waals surface area contributed by atoms with E-state index in [0.717, 1.165) is 41.6 Å². The van der Waals surface area contributed by atoms with Crippen LogP contribution in [-0.4, -0.2) is 68.2 Å². The first kappa shape index (κ1) is 24.7. The number of aromatic nitrogens is 6. The minimum absolute atomic E-state index is 0.0213. The molecule has 0 aromatic carbocycles. The minimum atomic E-state index is -0.642. The van der Waals surface area contributed by atoms with Gasteiger partial charge in [-0.05, 0) is 36.8 Å². The number of fused-ring (bicyclic) bond motifs is 2. The Morgan fingerprint density at radius 3 is 2.79 bits per heavy atom. The molecule has 4 aromatic heterocycles. The van der Waals surface area contributed by atoms with E-state index in [2.05, 4.69) is 31.5 Å². The first-order valence-corrected chi connectivity index (χ1v) is 14.0. The van der Waals surface area contributed by atoms with Crippen molar-refractivity contribution in [2.45, 2.75) is 51.3 Å². The molecule has 39 heavy (non-hydrogen) atoms. The smallest absolute Gasteiger partial charge is 0.376 e. The third-order valence-electron chi connectivity index (χ3n) is 8.26. The van der Waals surface area contributed by atoms with Crippen molar-refractivity contribution in [3.05, 3.63) is 40.1 Å². The van der Waals surface area contributed by atoms with Crippen molar-refractivity contribution in [2.75, 3.05) is 31.3 Å².